The minimum Gasteiger partial charge on any atom is -0.444 e. The fourth-order valence-electron chi connectivity index (χ4n) is 2.73. The van der Waals surface area contributed by atoms with Crippen molar-refractivity contribution in [2.75, 3.05) is 22.1 Å². The number of para-hydroxylation sites is 2. The molecule has 2 rings (SSSR count). The molecule has 0 saturated heterocycles. The van der Waals surface area contributed by atoms with E-state index in [1.165, 1.54) is 0 Å². The van der Waals surface area contributed by atoms with Crippen LogP contribution < -0.4 is 21.3 Å². The van der Waals surface area contributed by atoms with Crippen molar-refractivity contribution in [3.05, 3.63) is 24.3 Å². The van der Waals surface area contributed by atoms with E-state index in [1.807, 2.05) is 0 Å². The molecule has 3 atom stereocenters. The lowest BCUT2D eigenvalue weighted by atomic mass is 10.2. The predicted molar refractivity (Wildman–Crippen MR) is 135 cm³/mol. The molecule has 1 aromatic rings. The van der Waals surface area contributed by atoms with Gasteiger partial charge in [0.05, 0.1) is 27.0 Å². The summed E-state index contributed by atoms with van der Waals surface area (Å²) in [6.07, 6.45) is -1.64. The number of rotatable bonds is 2. The minimum absolute atomic E-state index is 0.0688. The normalized spacial score (nSPS) is 21.7. The Kier molecular flexibility index (Phi) is 9.55. The third-order valence-electron chi connectivity index (χ3n) is 4.13. The number of anilines is 2. The summed E-state index contributed by atoms with van der Waals surface area (Å²) in [5.41, 5.74) is -1.03. The van der Waals surface area contributed by atoms with Crippen LogP contribution in [0.5, 0.6) is 0 Å². The van der Waals surface area contributed by atoms with E-state index in [0.717, 1.165) is 10.8 Å². The zero-order valence-corrected chi connectivity index (χ0v) is 22.2. The second kappa shape index (κ2) is 11.8. The zero-order chi connectivity index (χ0) is 26.4. The molecule has 13 heteroatoms. The number of hydrogen-bond acceptors (Lipinski definition) is 8. The number of ether oxygens (including phenoxy) is 2. The van der Waals surface area contributed by atoms with E-state index in [4.69, 9.17) is 9.47 Å². The highest BCUT2D eigenvalue weighted by atomic mass is 33.1. The lowest BCUT2D eigenvalue weighted by Gasteiger charge is -2.25. The summed E-state index contributed by atoms with van der Waals surface area (Å²) in [6.45, 7) is 10.1. The highest BCUT2D eigenvalue weighted by Gasteiger charge is 2.30. The molecule has 0 bridgehead atoms. The Morgan fingerprint density at radius 2 is 1.31 bits per heavy atom. The number of fused-ring (bicyclic) bond motifs is 1. The maximum Gasteiger partial charge on any atom is 0.408 e. The quantitative estimate of drug-likeness (QED) is 0.428. The fraction of sp³-hybridized carbons (Fsp3) is 0.545. The lowest BCUT2D eigenvalue weighted by Crippen LogP contribution is -2.49. The smallest absolute Gasteiger partial charge is 0.408 e. The standard InChI is InChI=1S/C22H32N4O7S2/c1-21(2,3)32-19(29)25-15-11-34-35(31)12-16(26-20(30)33-22(4,5)6)18(28)24-14-10-8-7-9-13(14)23-17(15)27/h7-10,15-16H,11-12H2,1-6H3,(H,23,27)(H,24,28)(H,25,29)(H,26,30). The van der Waals surface area contributed by atoms with Crippen molar-refractivity contribution in [2.24, 2.45) is 0 Å². The maximum absolute atomic E-state index is 13.0. The number of hydrogen-bond donors (Lipinski definition) is 4. The van der Waals surface area contributed by atoms with Crippen molar-refractivity contribution < 1.29 is 32.9 Å². The van der Waals surface area contributed by atoms with Crippen LogP contribution in [0.25, 0.3) is 0 Å². The van der Waals surface area contributed by atoms with Gasteiger partial charge in [0.2, 0.25) is 11.8 Å². The molecule has 4 N–H and O–H groups in total. The van der Waals surface area contributed by atoms with Gasteiger partial charge >= 0.3 is 12.2 Å². The first-order valence-corrected chi connectivity index (χ1v) is 13.7. The van der Waals surface area contributed by atoms with Crippen molar-refractivity contribution in [1.82, 2.24) is 10.6 Å². The van der Waals surface area contributed by atoms with E-state index in [0.29, 0.717) is 0 Å². The van der Waals surface area contributed by atoms with Gasteiger partial charge in [-0.1, -0.05) is 22.9 Å². The van der Waals surface area contributed by atoms with E-state index < -0.39 is 57.1 Å². The second-order valence-electron chi connectivity index (χ2n) is 9.68. The van der Waals surface area contributed by atoms with E-state index in [-0.39, 0.29) is 22.9 Å². The first-order valence-electron chi connectivity index (χ1n) is 10.8. The molecule has 0 radical (unpaired) electrons. The Labute approximate surface area is 210 Å². The molecule has 0 saturated carbocycles. The van der Waals surface area contributed by atoms with E-state index in [1.54, 1.807) is 65.8 Å². The molecule has 3 unspecified atom stereocenters. The highest BCUT2D eigenvalue weighted by molar-refractivity contribution is 8.69. The Bertz CT molecular complexity index is 989. The fourth-order valence-corrected chi connectivity index (χ4v) is 5.42. The van der Waals surface area contributed by atoms with Crippen LogP contribution >= 0.6 is 10.8 Å². The monoisotopic (exact) mass is 528 g/mol. The molecule has 1 aliphatic rings. The van der Waals surface area contributed by atoms with Gasteiger partial charge in [-0.15, -0.1) is 0 Å². The van der Waals surface area contributed by atoms with Crippen LogP contribution in [0.3, 0.4) is 0 Å². The Morgan fingerprint density at radius 3 is 1.77 bits per heavy atom. The first kappa shape index (κ1) is 28.4. The summed E-state index contributed by atoms with van der Waals surface area (Å²) >= 11 is 0. The van der Waals surface area contributed by atoms with Crippen LogP contribution in [-0.2, 0) is 28.9 Å². The molecule has 11 nitrogen and oxygen atoms in total. The number of carbonyl (C=O) groups excluding carboxylic acids is 4. The van der Waals surface area contributed by atoms with Crippen LogP contribution in [-0.4, -0.2) is 63.0 Å². The van der Waals surface area contributed by atoms with Gasteiger partial charge in [0.15, 0.2) is 0 Å². The van der Waals surface area contributed by atoms with Gasteiger partial charge in [0.1, 0.15) is 23.3 Å². The Hall–Kier alpha value is -2.80. The summed E-state index contributed by atoms with van der Waals surface area (Å²) in [5.74, 6) is -1.53. The number of amides is 4. The Balaban J connectivity index is 2.30. The first-order chi connectivity index (χ1) is 16.1. The van der Waals surface area contributed by atoms with Crippen LogP contribution in [0.15, 0.2) is 24.3 Å². The van der Waals surface area contributed by atoms with Crippen molar-refractivity contribution in [2.45, 2.75) is 64.8 Å². The minimum atomic E-state index is -1.71. The summed E-state index contributed by atoms with van der Waals surface area (Å²) in [4.78, 5) is 50.5. The van der Waals surface area contributed by atoms with Crippen molar-refractivity contribution in [3.8, 4) is 0 Å². The van der Waals surface area contributed by atoms with E-state index in [9.17, 15) is 23.4 Å². The van der Waals surface area contributed by atoms with Gasteiger partial charge in [-0.3, -0.25) is 9.59 Å². The largest absolute Gasteiger partial charge is 0.444 e. The van der Waals surface area contributed by atoms with Gasteiger partial charge in [-0.25, -0.2) is 13.8 Å². The molecule has 0 aliphatic carbocycles. The number of carbonyl (C=O) groups is 4. The van der Waals surface area contributed by atoms with Gasteiger partial charge in [-0.2, -0.15) is 0 Å². The van der Waals surface area contributed by atoms with Crippen molar-refractivity contribution in [1.29, 1.82) is 0 Å². The average Bonchev–Trinajstić information content (AvgIpc) is 2.68. The summed E-state index contributed by atoms with van der Waals surface area (Å²) in [5, 5.41) is 10.3. The third-order valence-corrected chi connectivity index (χ3v) is 7.07. The number of alkyl carbamates (subject to hydrolysis) is 2. The van der Waals surface area contributed by atoms with Crippen molar-refractivity contribution >= 4 is 56.0 Å². The molecule has 0 aromatic heterocycles. The molecule has 194 valence electrons. The second-order valence-corrected chi connectivity index (χ2v) is 13.0. The third kappa shape index (κ3) is 10.1. The Morgan fingerprint density at radius 1 is 0.886 bits per heavy atom. The number of benzene rings is 1. The molecule has 0 fully saturated rings. The summed E-state index contributed by atoms with van der Waals surface area (Å²) < 4.78 is 23.2. The molecule has 1 heterocycles. The molecule has 0 spiro atoms. The van der Waals surface area contributed by atoms with Gasteiger partial charge < -0.3 is 30.7 Å². The summed E-state index contributed by atoms with van der Waals surface area (Å²) in [6, 6.07) is 4.18. The van der Waals surface area contributed by atoms with Crippen LogP contribution in [0.4, 0.5) is 21.0 Å². The van der Waals surface area contributed by atoms with Crippen LogP contribution in [0.1, 0.15) is 41.5 Å². The van der Waals surface area contributed by atoms with Gasteiger partial charge in [0.25, 0.3) is 0 Å². The van der Waals surface area contributed by atoms with E-state index in [2.05, 4.69) is 21.3 Å². The maximum atomic E-state index is 13.0. The molecule has 1 aromatic carbocycles. The molecule has 4 amide bonds. The predicted octanol–water partition coefficient (Wildman–Crippen LogP) is 2.76. The zero-order valence-electron chi connectivity index (χ0n) is 20.6. The molecule has 35 heavy (non-hydrogen) atoms. The van der Waals surface area contributed by atoms with Gasteiger partial charge in [0, 0.05) is 5.75 Å². The molecule has 1 aliphatic heterocycles. The lowest BCUT2D eigenvalue weighted by molar-refractivity contribution is -0.118. The SMILES string of the molecule is CC(C)(C)OC(=O)NC1CSS(=O)CC(NC(=O)OC(C)(C)C)C(=O)Nc2ccccc2NC1=O. The molecular weight excluding hydrogens is 496 g/mol. The topological polar surface area (TPSA) is 152 Å². The van der Waals surface area contributed by atoms with E-state index >= 15 is 0 Å². The summed E-state index contributed by atoms with van der Waals surface area (Å²) in [7, 11) is -0.846. The van der Waals surface area contributed by atoms with Crippen LogP contribution in [0.2, 0.25) is 0 Å². The average molecular weight is 529 g/mol. The molecular formula is C22H32N4O7S2. The highest BCUT2D eigenvalue weighted by Crippen LogP contribution is 2.23. The van der Waals surface area contributed by atoms with Crippen LogP contribution in [0, 0.1) is 0 Å². The number of nitrogens with one attached hydrogen (secondary N) is 4. The van der Waals surface area contributed by atoms with Gasteiger partial charge in [-0.05, 0) is 53.7 Å². The van der Waals surface area contributed by atoms with Crippen molar-refractivity contribution in [3.63, 3.8) is 0 Å².